The predicted octanol–water partition coefficient (Wildman–Crippen LogP) is 3.59. The summed E-state index contributed by atoms with van der Waals surface area (Å²) in [5.41, 5.74) is 1.93. The number of benzene rings is 1. The molecule has 2 aliphatic rings. The Labute approximate surface area is 174 Å². The maximum atomic E-state index is 12.3. The molecule has 3 N–H and O–H groups in total. The highest BCUT2D eigenvalue weighted by atomic mass is 32.1. The Morgan fingerprint density at radius 2 is 1.97 bits per heavy atom. The average molecular weight is 442 g/mol. The number of nitrogens with zero attached hydrogens (tertiary/aromatic N) is 2. The van der Waals surface area contributed by atoms with Gasteiger partial charge in [0, 0.05) is 17.5 Å². The van der Waals surface area contributed by atoms with Crippen LogP contribution in [0.2, 0.25) is 0 Å². The first-order valence-corrected chi connectivity index (χ1v) is 10.2. The lowest BCUT2D eigenvalue weighted by molar-refractivity contribution is -0.192. The molecule has 1 aromatic carbocycles. The highest BCUT2D eigenvalue weighted by Gasteiger charge is 2.39. The lowest BCUT2D eigenvalue weighted by Crippen LogP contribution is -2.21. The van der Waals surface area contributed by atoms with Crippen LogP contribution in [0, 0.1) is 12.8 Å². The van der Waals surface area contributed by atoms with E-state index in [1.165, 1.54) is 36.2 Å². The molecule has 2 aromatic rings. The van der Waals surface area contributed by atoms with Gasteiger partial charge in [0.1, 0.15) is 5.01 Å². The molecule has 1 amide bonds. The normalized spacial score (nSPS) is 20.1. The summed E-state index contributed by atoms with van der Waals surface area (Å²) in [5.74, 6) is -1.42. The fourth-order valence-corrected chi connectivity index (χ4v) is 3.44. The molecule has 0 radical (unpaired) electrons. The van der Waals surface area contributed by atoms with Gasteiger partial charge in [0.05, 0.1) is 0 Å². The Balaban J connectivity index is 0.000000318. The number of carboxylic acid groups (broad SMARTS) is 1. The lowest BCUT2D eigenvalue weighted by Gasteiger charge is -2.06. The summed E-state index contributed by atoms with van der Waals surface area (Å²) in [7, 11) is 0. The Hall–Kier alpha value is -2.53. The molecular weight excluding hydrogens is 421 g/mol. The summed E-state index contributed by atoms with van der Waals surface area (Å²) in [6, 6.07) is 8.52. The molecule has 2 saturated carbocycles. The Morgan fingerprint density at radius 1 is 1.27 bits per heavy atom. The van der Waals surface area contributed by atoms with E-state index in [0.717, 1.165) is 17.5 Å². The standard InChI is InChI=1S/C17H20N4OS.C2HF3O2/c1-10-20-21-17(23-10)19-16(22)13-4-2-3-12(7-13)14-8-15(14)18-9-11-5-6-11;3-2(4,5)1(6)7/h2-4,7,11,14-15,18H,5-6,8-9H2,1H3,(H,19,21,22);(H,6,7)/t14-,15+;/m0./s1. The van der Waals surface area contributed by atoms with Crippen molar-refractivity contribution in [1.82, 2.24) is 15.5 Å². The molecule has 0 spiro atoms. The second-order valence-corrected chi connectivity index (χ2v) is 8.49. The van der Waals surface area contributed by atoms with Crippen LogP contribution in [0.15, 0.2) is 24.3 Å². The van der Waals surface area contributed by atoms with Gasteiger partial charge in [-0.05, 0) is 56.3 Å². The van der Waals surface area contributed by atoms with Crippen LogP contribution < -0.4 is 10.6 Å². The van der Waals surface area contributed by atoms with Crippen molar-refractivity contribution in [2.75, 3.05) is 11.9 Å². The number of alkyl halides is 3. The van der Waals surface area contributed by atoms with Crippen molar-refractivity contribution in [3.05, 3.63) is 40.4 Å². The SMILES string of the molecule is Cc1nnc(NC(=O)c2cccc([C@@H]3C[C@H]3NCC3CC3)c2)s1.O=C(O)C(F)(F)F. The molecule has 162 valence electrons. The van der Waals surface area contributed by atoms with E-state index in [9.17, 15) is 18.0 Å². The Bertz CT molecular complexity index is 914. The van der Waals surface area contributed by atoms with E-state index in [1.54, 1.807) is 0 Å². The molecule has 4 rings (SSSR count). The molecule has 30 heavy (non-hydrogen) atoms. The van der Waals surface area contributed by atoms with Crippen molar-refractivity contribution in [1.29, 1.82) is 0 Å². The Kier molecular flexibility index (Phi) is 6.71. The van der Waals surface area contributed by atoms with Crippen molar-refractivity contribution < 1.29 is 27.9 Å². The van der Waals surface area contributed by atoms with Crippen molar-refractivity contribution in [3.63, 3.8) is 0 Å². The number of anilines is 1. The molecule has 2 fully saturated rings. The quantitative estimate of drug-likeness (QED) is 0.632. The third kappa shape index (κ3) is 6.49. The number of aliphatic carboxylic acids is 1. The van der Waals surface area contributed by atoms with Gasteiger partial charge >= 0.3 is 12.1 Å². The van der Waals surface area contributed by atoms with Crippen molar-refractivity contribution in [3.8, 4) is 0 Å². The van der Waals surface area contributed by atoms with E-state index >= 15 is 0 Å². The first-order valence-electron chi connectivity index (χ1n) is 9.38. The molecular formula is C19H21F3N4O3S. The summed E-state index contributed by atoms with van der Waals surface area (Å²) in [5, 5.41) is 22.8. The molecule has 0 unspecified atom stereocenters. The van der Waals surface area contributed by atoms with Gasteiger partial charge in [-0.15, -0.1) is 10.2 Å². The van der Waals surface area contributed by atoms with E-state index in [-0.39, 0.29) is 5.91 Å². The molecule has 1 aromatic heterocycles. The largest absolute Gasteiger partial charge is 0.490 e. The lowest BCUT2D eigenvalue weighted by atomic mass is 10.1. The number of rotatable bonds is 6. The third-order valence-electron chi connectivity index (χ3n) is 4.72. The summed E-state index contributed by atoms with van der Waals surface area (Å²) < 4.78 is 31.7. The minimum absolute atomic E-state index is 0.119. The fourth-order valence-electron chi connectivity index (χ4n) is 2.86. The van der Waals surface area contributed by atoms with E-state index in [2.05, 4.69) is 26.9 Å². The van der Waals surface area contributed by atoms with Crippen LogP contribution in [-0.4, -0.2) is 45.9 Å². The monoisotopic (exact) mass is 442 g/mol. The number of carbonyl (C=O) groups is 2. The molecule has 1 heterocycles. The molecule has 2 atom stereocenters. The number of hydrogen-bond acceptors (Lipinski definition) is 6. The predicted molar refractivity (Wildman–Crippen MR) is 105 cm³/mol. The van der Waals surface area contributed by atoms with Gasteiger partial charge in [0.25, 0.3) is 5.91 Å². The second-order valence-electron chi connectivity index (χ2n) is 7.31. The van der Waals surface area contributed by atoms with E-state index in [4.69, 9.17) is 9.90 Å². The second kappa shape index (κ2) is 9.09. The molecule has 7 nitrogen and oxygen atoms in total. The summed E-state index contributed by atoms with van der Waals surface area (Å²) >= 11 is 1.38. The highest BCUT2D eigenvalue weighted by molar-refractivity contribution is 7.15. The van der Waals surface area contributed by atoms with Crippen LogP contribution >= 0.6 is 11.3 Å². The van der Waals surface area contributed by atoms with Gasteiger partial charge in [0.15, 0.2) is 0 Å². The van der Waals surface area contributed by atoms with Gasteiger partial charge in [-0.1, -0.05) is 23.5 Å². The minimum atomic E-state index is -5.08. The smallest absolute Gasteiger partial charge is 0.475 e. The molecule has 11 heteroatoms. The first-order chi connectivity index (χ1) is 14.1. The number of amides is 1. The van der Waals surface area contributed by atoms with Crippen molar-refractivity contribution >= 4 is 28.3 Å². The van der Waals surface area contributed by atoms with Gasteiger partial charge in [-0.2, -0.15) is 13.2 Å². The van der Waals surface area contributed by atoms with Crippen LogP contribution in [0.1, 0.15) is 46.1 Å². The zero-order chi connectivity index (χ0) is 21.9. The number of carbonyl (C=O) groups excluding carboxylic acids is 1. The minimum Gasteiger partial charge on any atom is -0.475 e. The van der Waals surface area contributed by atoms with E-state index in [0.29, 0.717) is 22.7 Å². The number of halogens is 3. The van der Waals surface area contributed by atoms with Crippen molar-refractivity contribution in [2.45, 2.75) is 44.3 Å². The fraction of sp³-hybridized carbons (Fsp3) is 0.474. The van der Waals surface area contributed by atoms with Crippen LogP contribution in [0.25, 0.3) is 0 Å². The number of aryl methyl sites for hydroxylation is 1. The highest BCUT2D eigenvalue weighted by Crippen LogP contribution is 2.41. The van der Waals surface area contributed by atoms with E-state index < -0.39 is 12.1 Å². The number of hydrogen-bond donors (Lipinski definition) is 3. The maximum absolute atomic E-state index is 12.3. The molecule has 0 saturated heterocycles. The molecule has 0 aliphatic heterocycles. The molecule has 2 aliphatic carbocycles. The maximum Gasteiger partial charge on any atom is 0.490 e. The zero-order valence-corrected chi connectivity index (χ0v) is 16.9. The summed E-state index contributed by atoms with van der Waals surface area (Å²) in [6.45, 7) is 3.02. The number of nitrogens with one attached hydrogen (secondary N) is 2. The zero-order valence-electron chi connectivity index (χ0n) is 16.1. The first kappa shape index (κ1) is 22.2. The number of aromatic nitrogens is 2. The van der Waals surface area contributed by atoms with Crippen LogP contribution in [0.5, 0.6) is 0 Å². The van der Waals surface area contributed by atoms with Gasteiger partial charge < -0.3 is 10.4 Å². The van der Waals surface area contributed by atoms with Crippen LogP contribution in [0.3, 0.4) is 0 Å². The van der Waals surface area contributed by atoms with Crippen LogP contribution in [0.4, 0.5) is 18.3 Å². The van der Waals surface area contributed by atoms with Crippen molar-refractivity contribution in [2.24, 2.45) is 5.92 Å². The Morgan fingerprint density at radius 3 is 2.53 bits per heavy atom. The third-order valence-corrected chi connectivity index (χ3v) is 5.48. The van der Waals surface area contributed by atoms with Gasteiger partial charge in [-0.25, -0.2) is 4.79 Å². The number of carboxylic acids is 1. The average Bonchev–Trinajstić information content (AvgIpc) is 3.59. The van der Waals surface area contributed by atoms with Gasteiger partial charge in [0.2, 0.25) is 5.13 Å². The summed E-state index contributed by atoms with van der Waals surface area (Å²) in [4.78, 5) is 21.2. The summed E-state index contributed by atoms with van der Waals surface area (Å²) in [6.07, 6.45) is -1.15. The van der Waals surface area contributed by atoms with E-state index in [1.807, 2.05) is 25.1 Å². The molecule has 0 bridgehead atoms. The topological polar surface area (TPSA) is 104 Å². The van der Waals surface area contributed by atoms with Crippen LogP contribution in [-0.2, 0) is 4.79 Å². The van der Waals surface area contributed by atoms with Gasteiger partial charge in [-0.3, -0.25) is 10.1 Å².